The molecule has 8 heteroatoms. The molecule has 3 rings (SSSR count). The zero-order chi connectivity index (χ0) is 18.0. The second-order valence-electron chi connectivity index (χ2n) is 6.18. The van der Waals surface area contributed by atoms with Gasteiger partial charge in [0.2, 0.25) is 0 Å². The summed E-state index contributed by atoms with van der Waals surface area (Å²) in [5.74, 6) is -1.03. The monoisotopic (exact) mass is 359 g/mol. The molecule has 0 fully saturated rings. The van der Waals surface area contributed by atoms with Gasteiger partial charge in [-0.15, -0.1) is 11.3 Å². The molecule has 0 radical (unpaired) electrons. The van der Waals surface area contributed by atoms with Crippen LogP contribution in [0.15, 0.2) is 35.8 Å². The Balaban J connectivity index is 1.60. The normalized spacial score (nSPS) is 13.9. The quantitative estimate of drug-likeness (QED) is 0.799. The van der Waals surface area contributed by atoms with Crippen molar-refractivity contribution in [3.05, 3.63) is 47.0 Å². The van der Waals surface area contributed by atoms with E-state index < -0.39 is 5.54 Å². The van der Waals surface area contributed by atoms with Gasteiger partial charge in [-0.05, 0) is 26.0 Å². The van der Waals surface area contributed by atoms with Crippen LogP contribution in [0.2, 0.25) is 0 Å². The van der Waals surface area contributed by atoms with E-state index in [0.717, 1.165) is 0 Å². The molecule has 0 aliphatic carbocycles. The van der Waals surface area contributed by atoms with Gasteiger partial charge < -0.3 is 4.74 Å². The number of carbonyl (C=O) groups excluding carboxylic acids is 3. The molecule has 1 aromatic carbocycles. The highest BCUT2D eigenvalue weighted by molar-refractivity contribution is 7.13. The highest BCUT2D eigenvalue weighted by Crippen LogP contribution is 2.29. The minimum Gasteiger partial charge on any atom is -0.369 e. The summed E-state index contributed by atoms with van der Waals surface area (Å²) in [4.78, 5) is 42.0. The summed E-state index contributed by atoms with van der Waals surface area (Å²) in [6, 6.07) is 6.71. The maximum absolute atomic E-state index is 12.5. The van der Waals surface area contributed by atoms with Crippen molar-refractivity contribution in [2.75, 3.05) is 18.5 Å². The summed E-state index contributed by atoms with van der Waals surface area (Å²) >= 11 is 1.31. The molecule has 25 heavy (non-hydrogen) atoms. The van der Waals surface area contributed by atoms with Crippen LogP contribution in [0, 0.1) is 0 Å². The van der Waals surface area contributed by atoms with Crippen LogP contribution < -0.4 is 5.32 Å². The number of hydrogen-bond donors (Lipinski definition) is 1. The predicted molar refractivity (Wildman–Crippen MR) is 92.6 cm³/mol. The van der Waals surface area contributed by atoms with Crippen molar-refractivity contribution in [2.24, 2.45) is 0 Å². The van der Waals surface area contributed by atoms with Gasteiger partial charge in [0, 0.05) is 11.6 Å². The molecule has 3 amide bonds. The average Bonchev–Trinajstić information content (AvgIpc) is 3.15. The van der Waals surface area contributed by atoms with Crippen LogP contribution in [0.25, 0.3) is 0 Å². The number of imide groups is 1. The van der Waals surface area contributed by atoms with Crippen molar-refractivity contribution in [2.45, 2.75) is 19.4 Å². The van der Waals surface area contributed by atoms with Gasteiger partial charge >= 0.3 is 0 Å². The Morgan fingerprint density at radius 3 is 2.44 bits per heavy atom. The smallest absolute Gasteiger partial charge is 0.262 e. The van der Waals surface area contributed by atoms with E-state index in [9.17, 15) is 14.4 Å². The Morgan fingerprint density at radius 1 is 1.24 bits per heavy atom. The summed E-state index contributed by atoms with van der Waals surface area (Å²) in [6.45, 7) is 3.32. The molecule has 0 spiro atoms. The zero-order valence-electron chi connectivity index (χ0n) is 13.8. The van der Waals surface area contributed by atoms with E-state index >= 15 is 0 Å². The molecule has 0 bridgehead atoms. The molecular weight excluding hydrogens is 342 g/mol. The topological polar surface area (TPSA) is 88.6 Å². The molecule has 1 aliphatic heterocycles. The highest BCUT2D eigenvalue weighted by Gasteiger charge is 2.44. The van der Waals surface area contributed by atoms with Gasteiger partial charge in [0.1, 0.15) is 6.61 Å². The number of benzene rings is 1. The average molecular weight is 359 g/mol. The fourth-order valence-electron chi connectivity index (χ4n) is 2.64. The minimum absolute atomic E-state index is 0.0454. The molecule has 0 atom stereocenters. The number of rotatable bonds is 6. The summed E-state index contributed by atoms with van der Waals surface area (Å²) in [5, 5.41) is 4.85. The molecule has 7 nitrogen and oxygen atoms in total. The molecule has 2 aromatic rings. The van der Waals surface area contributed by atoms with E-state index in [-0.39, 0.29) is 30.9 Å². The Morgan fingerprint density at radius 2 is 1.88 bits per heavy atom. The van der Waals surface area contributed by atoms with Gasteiger partial charge in [-0.25, -0.2) is 4.98 Å². The summed E-state index contributed by atoms with van der Waals surface area (Å²) < 4.78 is 5.44. The van der Waals surface area contributed by atoms with E-state index in [0.29, 0.717) is 16.3 Å². The van der Waals surface area contributed by atoms with Gasteiger partial charge in [-0.2, -0.15) is 0 Å². The molecule has 0 saturated carbocycles. The number of fused-ring (bicyclic) bond motifs is 1. The first kappa shape index (κ1) is 17.2. The minimum atomic E-state index is -0.880. The van der Waals surface area contributed by atoms with Crippen LogP contribution in [-0.4, -0.2) is 46.4 Å². The van der Waals surface area contributed by atoms with Crippen molar-refractivity contribution < 1.29 is 19.1 Å². The number of nitrogens with zero attached hydrogens (tertiary/aromatic N) is 2. The molecular formula is C17H17N3O4S. The number of anilines is 1. The number of aromatic nitrogens is 1. The summed E-state index contributed by atoms with van der Waals surface area (Å²) in [6.07, 6.45) is 1.59. The molecule has 2 heterocycles. The number of carbonyl (C=O) groups is 3. The maximum Gasteiger partial charge on any atom is 0.262 e. The summed E-state index contributed by atoms with van der Waals surface area (Å²) in [7, 11) is 0. The molecule has 0 unspecified atom stereocenters. The van der Waals surface area contributed by atoms with Gasteiger partial charge in [0.05, 0.1) is 23.3 Å². The standard InChI is InChI=1S/C17H17N3O4S/c1-17(2,10-24-9-13(21)19-16-18-7-8-25-16)20-14(22)11-5-3-4-6-12(11)15(20)23/h3-8H,9-10H2,1-2H3,(H,18,19,21). The van der Waals surface area contributed by atoms with Crippen LogP contribution >= 0.6 is 11.3 Å². The second-order valence-corrected chi connectivity index (χ2v) is 7.08. The highest BCUT2D eigenvalue weighted by atomic mass is 32.1. The number of nitrogens with one attached hydrogen (secondary N) is 1. The number of hydrogen-bond acceptors (Lipinski definition) is 6. The molecule has 1 N–H and O–H groups in total. The second kappa shape index (κ2) is 6.73. The van der Waals surface area contributed by atoms with Gasteiger partial charge in [0.25, 0.3) is 17.7 Å². The first-order valence-corrected chi connectivity index (χ1v) is 8.53. The third-order valence-electron chi connectivity index (χ3n) is 3.77. The van der Waals surface area contributed by atoms with Gasteiger partial charge in [-0.3, -0.25) is 24.6 Å². The summed E-state index contributed by atoms with van der Waals surface area (Å²) in [5.41, 5.74) is -0.0987. The first-order chi connectivity index (χ1) is 11.9. The van der Waals surface area contributed by atoms with Crippen molar-refractivity contribution in [1.82, 2.24) is 9.88 Å². The number of thiazole rings is 1. The van der Waals surface area contributed by atoms with Crippen molar-refractivity contribution in [3.8, 4) is 0 Å². The maximum atomic E-state index is 12.5. The molecule has 1 aliphatic rings. The molecule has 1 aromatic heterocycles. The lowest BCUT2D eigenvalue weighted by Crippen LogP contribution is -2.50. The predicted octanol–water partition coefficient (Wildman–Crippen LogP) is 2.17. The Labute approximate surface area is 148 Å². The number of amides is 3. The third-order valence-corrected chi connectivity index (χ3v) is 4.46. The van der Waals surface area contributed by atoms with Gasteiger partial charge in [0.15, 0.2) is 5.13 Å². The Hall–Kier alpha value is -2.58. The molecule has 0 saturated heterocycles. The van der Waals surface area contributed by atoms with E-state index in [1.165, 1.54) is 16.2 Å². The first-order valence-electron chi connectivity index (χ1n) is 7.65. The van der Waals surface area contributed by atoms with Crippen molar-refractivity contribution >= 4 is 34.2 Å². The lowest BCUT2D eigenvalue weighted by atomic mass is 10.0. The molecule has 130 valence electrons. The van der Waals surface area contributed by atoms with E-state index in [1.807, 2.05) is 0 Å². The fraction of sp³-hybridized carbons (Fsp3) is 0.294. The fourth-order valence-corrected chi connectivity index (χ4v) is 3.18. The van der Waals surface area contributed by atoms with Crippen LogP contribution in [0.3, 0.4) is 0 Å². The van der Waals surface area contributed by atoms with Crippen molar-refractivity contribution in [3.63, 3.8) is 0 Å². The van der Waals surface area contributed by atoms with E-state index in [4.69, 9.17) is 4.74 Å². The van der Waals surface area contributed by atoms with Crippen LogP contribution in [0.5, 0.6) is 0 Å². The lowest BCUT2D eigenvalue weighted by molar-refractivity contribution is -0.121. The SMILES string of the molecule is CC(C)(COCC(=O)Nc1nccs1)N1C(=O)c2ccccc2C1=O. The van der Waals surface area contributed by atoms with E-state index in [2.05, 4.69) is 10.3 Å². The lowest BCUT2D eigenvalue weighted by Gasteiger charge is -2.33. The van der Waals surface area contributed by atoms with Crippen LogP contribution in [0.1, 0.15) is 34.6 Å². The largest absolute Gasteiger partial charge is 0.369 e. The Kier molecular flexibility index (Phi) is 4.65. The third kappa shape index (κ3) is 3.45. The van der Waals surface area contributed by atoms with Crippen LogP contribution in [0.4, 0.5) is 5.13 Å². The Bertz CT molecular complexity index is 782. The zero-order valence-corrected chi connectivity index (χ0v) is 14.6. The number of ether oxygens (including phenoxy) is 1. The van der Waals surface area contributed by atoms with Crippen LogP contribution in [-0.2, 0) is 9.53 Å². The van der Waals surface area contributed by atoms with Gasteiger partial charge in [-0.1, -0.05) is 12.1 Å². The van der Waals surface area contributed by atoms with E-state index in [1.54, 1.807) is 49.7 Å². The van der Waals surface area contributed by atoms with Crippen molar-refractivity contribution in [1.29, 1.82) is 0 Å².